The van der Waals surface area contributed by atoms with Gasteiger partial charge in [-0.2, -0.15) is 0 Å². The number of aryl methyl sites for hydroxylation is 1. The fourth-order valence-corrected chi connectivity index (χ4v) is 2.71. The number of aldehydes is 1. The van der Waals surface area contributed by atoms with Crippen LogP contribution in [0.2, 0.25) is 0 Å². The van der Waals surface area contributed by atoms with Crippen LogP contribution in [0.15, 0.2) is 65.7 Å². The van der Waals surface area contributed by atoms with Gasteiger partial charge in [-0.3, -0.25) is 14.6 Å². The van der Waals surface area contributed by atoms with Gasteiger partial charge < -0.3 is 9.88 Å². The molecule has 3 aromatic rings. The Bertz CT molecular complexity index is 919. The number of nitrogens with one attached hydrogen (secondary N) is 1. The van der Waals surface area contributed by atoms with Gasteiger partial charge in [0.05, 0.1) is 12.2 Å². The van der Waals surface area contributed by atoms with E-state index in [-0.39, 0.29) is 11.1 Å². The maximum absolute atomic E-state index is 12.7. The fraction of sp³-hybridized carbons (Fsp3) is 0.150. The third-order valence-electron chi connectivity index (χ3n) is 4.05. The Kier molecular flexibility index (Phi) is 5.04. The van der Waals surface area contributed by atoms with Crippen LogP contribution in [0.3, 0.4) is 0 Å². The van der Waals surface area contributed by atoms with Gasteiger partial charge in [-0.05, 0) is 30.2 Å². The van der Waals surface area contributed by atoms with E-state index in [1.54, 1.807) is 17.0 Å². The Morgan fingerprint density at radius 3 is 2.56 bits per heavy atom. The first kappa shape index (κ1) is 16.6. The molecule has 0 spiro atoms. The second-order valence-corrected chi connectivity index (χ2v) is 5.82. The molecule has 0 saturated carbocycles. The molecule has 0 radical (unpaired) electrons. The first-order valence-corrected chi connectivity index (χ1v) is 8.05. The van der Waals surface area contributed by atoms with Gasteiger partial charge >= 0.3 is 0 Å². The van der Waals surface area contributed by atoms with Crippen molar-refractivity contribution in [3.63, 3.8) is 0 Å². The van der Waals surface area contributed by atoms with Crippen molar-refractivity contribution in [2.24, 2.45) is 0 Å². The number of carbonyl (C=O) groups is 1. The minimum absolute atomic E-state index is 0.144. The molecule has 0 saturated heterocycles. The molecule has 126 valence electrons. The summed E-state index contributed by atoms with van der Waals surface area (Å²) in [6.07, 6.45) is 4.02. The van der Waals surface area contributed by atoms with Crippen LogP contribution < -0.4 is 10.9 Å². The first-order valence-electron chi connectivity index (χ1n) is 8.05. The minimum Gasteiger partial charge on any atom is -0.380 e. The average Bonchev–Trinajstić information content (AvgIpc) is 2.65. The van der Waals surface area contributed by atoms with Gasteiger partial charge in [0.15, 0.2) is 6.29 Å². The van der Waals surface area contributed by atoms with Crippen molar-refractivity contribution in [1.29, 1.82) is 0 Å². The number of pyridine rings is 2. The molecule has 0 fully saturated rings. The smallest absolute Gasteiger partial charge is 0.263 e. The first-order chi connectivity index (χ1) is 12.2. The lowest BCUT2D eigenvalue weighted by atomic mass is 10.1. The van der Waals surface area contributed by atoms with Crippen LogP contribution >= 0.6 is 0 Å². The van der Waals surface area contributed by atoms with E-state index < -0.39 is 0 Å². The van der Waals surface area contributed by atoms with Gasteiger partial charge in [-0.25, -0.2) is 0 Å². The molecule has 0 atom stereocenters. The largest absolute Gasteiger partial charge is 0.380 e. The Morgan fingerprint density at radius 2 is 1.88 bits per heavy atom. The number of benzene rings is 1. The molecule has 5 nitrogen and oxygen atoms in total. The molecule has 2 aromatic heterocycles. The molecule has 25 heavy (non-hydrogen) atoms. The Hall–Kier alpha value is -3.21. The highest BCUT2D eigenvalue weighted by atomic mass is 16.1. The number of aromatic nitrogens is 2. The monoisotopic (exact) mass is 333 g/mol. The molecule has 5 heteroatoms. The summed E-state index contributed by atoms with van der Waals surface area (Å²) in [7, 11) is 0. The summed E-state index contributed by atoms with van der Waals surface area (Å²) in [5, 5.41) is 3.20. The third kappa shape index (κ3) is 3.83. The number of hydrogen-bond donors (Lipinski definition) is 1. The fourth-order valence-electron chi connectivity index (χ4n) is 2.71. The van der Waals surface area contributed by atoms with E-state index in [1.165, 1.54) is 0 Å². The summed E-state index contributed by atoms with van der Waals surface area (Å²) in [5.41, 5.74) is 3.18. The number of hydrogen-bond acceptors (Lipinski definition) is 4. The van der Waals surface area contributed by atoms with E-state index in [0.717, 1.165) is 16.8 Å². The lowest BCUT2D eigenvalue weighted by Gasteiger charge is -2.15. The molecule has 0 aliphatic heterocycles. The van der Waals surface area contributed by atoms with Crippen molar-refractivity contribution < 1.29 is 4.79 Å². The molecule has 0 aliphatic rings. The molecule has 1 aromatic carbocycles. The highest BCUT2D eigenvalue weighted by Gasteiger charge is 2.13. The highest BCUT2D eigenvalue weighted by molar-refractivity contribution is 5.83. The van der Waals surface area contributed by atoms with Gasteiger partial charge in [-0.1, -0.05) is 36.4 Å². The lowest BCUT2D eigenvalue weighted by Crippen LogP contribution is -2.27. The maximum Gasteiger partial charge on any atom is 0.263 e. The topological polar surface area (TPSA) is 64.0 Å². The van der Waals surface area contributed by atoms with Crippen molar-refractivity contribution in [2.45, 2.75) is 20.0 Å². The van der Waals surface area contributed by atoms with Crippen LogP contribution in [0.25, 0.3) is 0 Å². The van der Waals surface area contributed by atoms with Gasteiger partial charge in [0, 0.05) is 24.6 Å². The van der Waals surface area contributed by atoms with Crippen LogP contribution in [-0.4, -0.2) is 15.8 Å². The van der Waals surface area contributed by atoms with Gasteiger partial charge in [0.2, 0.25) is 0 Å². The van der Waals surface area contributed by atoms with Gasteiger partial charge in [0.25, 0.3) is 5.56 Å². The summed E-state index contributed by atoms with van der Waals surface area (Å²) in [4.78, 5) is 28.3. The van der Waals surface area contributed by atoms with Crippen LogP contribution in [0.5, 0.6) is 0 Å². The highest BCUT2D eigenvalue weighted by Crippen LogP contribution is 2.15. The number of anilines is 1. The van der Waals surface area contributed by atoms with Crippen molar-refractivity contribution in [3.05, 3.63) is 93.7 Å². The molecule has 0 bridgehead atoms. The predicted octanol–water partition coefficient (Wildman–Crippen LogP) is 3.02. The summed E-state index contributed by atoms with van der Waals surface area (Å²) in [6.45, 7) is 2.80. The molecular formula is C20H19N3O2. The summed E-state index contributed by atoms with van der Waals surface area (Å²) in [6, 6.07) is 15.4. The number of carbonyl (C=O) groups excluding carboxylic acids is 1. The molecule has 1 N–H and O–H groups in total. The van der Waals surface area contributed by atoms with E-state index in [2.05, 4.69) is 10.3 Å². The molecule has 0 aliphatic carbocycles. The minimum atomic E-state index is -0.297. The Balaban J connectivity index is 1.90. The van der Waals surface area contributed by atoms with Crippen molar-refractivity contribution in [1.82, 2.24) is 9.55 Å². The summed E-state index contributed by atoms with van der Waals surface area (Å²) < 4.78 is 1.59. The third-order valence-corrected chi connectivity index (χ3v) is 4.05. The Morgan fingerprint density at radius 1 is 1.12 bits per heavy atom. The zero-order chi connectivity index (χ0) is 17.6. The van der Waals surface area contributed by atoms with E-state index in [0.29, 0.717) is 25.1 Å². The van der Waals surface area contributed by atoms with Crippen molar-refractivity contribution in [2.75, 3.05) is 5.32 Å². The van der Waals surface area contributed by atoms with E-state index in [1.807, 2.05) is 55.5 Å². The predicted molar refractivity (Wildman–Crippen MR) is 97.9 cm³/mol. The van der Waals surface area contributed by atoms with Crippen molar-refractivity contribution in [3.8, 4) is 0 Å². The average molecular weight is 333 g/mol. The molecule has 0 amide bonds. The van der Waals surface area contributed by atoms with Crippen molar-refractivity contribution >= 4 is 12.0 Å². The second-order valence-electron chi connectivity index (χ2n) is 5.82. The van der Waals surface area contributed by atoms with Crippen LogP contribution in [0.1, 0.15) is 27.2 Å². The zero-order valence-corrected chi connectivity index (χ0v) is 14.0. The summed E-state index contributed by atoms with van der Waals surface area (Å²) in [5.74, 6) is 0. The second kappa shape index (κ2) is 7.57. The quantitative estimate of drug-likeness (QED) is 0.704. The number of nitrogens with zero attached hydrogens (tertiary/aromatic N) is 2. The molecular weight excluding hydrogens is 314 g/mol. The van der Waals surface area contributed by atoms with Gasteiger partial charge in [-0.15, -0.1) is 0 Å². The lowest BCUT2D eigenvalue weighted by molar-refractivity contribution is 0.112. The van der Waals surface area contributed by atoms with Gasteiger partial charge in [0.1, 0.15) is 5.56 Å². The SMILES string of the molecule is Cc1cc(NCc2ccccc2)c(C=O)c(=O)n1Cc1cccnc1. The Labute approximate surface area is 146 Å². The standard InChI is InChI=1S/C20H19N3O2/c1-15-10-19(22-12-16-6-3-2-4-7-16)18(14-24)20(25)23(15)13-17-8-5-9-21-11-17/h2-11,14,22H,12-13H2,1H3. The van der Waals surface area contributed by atoms with E-state index >= 15 is 0 Å². The summed E-state index contributed by atoms with van der Waals surface area (Å²) >= 11 is 0. The zero-order valence-electron chi connectivity index (χ0n) is 14.0. The molecule has 0 unspecified atom stereocenters. The number of rotatable bonds is 6. The molecule has 2 heterocycles. The normalized spacial score (nSPS) is 10.4. The molecule has 3 rings (SSSR count). The van der Waals surface area contributed by atoms with Crippen LogP contribution in [-0.2, 0) is 13.1 Å². The van der Waals surface area contributed by atoms with E-state index in [9.17, 15) is 9.59 Å². The van der Waals surface area contributed by atoms with Crippen LogP contribution in [0.4, 0.5) is 5.69 Å². The van der Waals surface area contributed by atoms with E-state index in [4.69, 9.17) is 0 Å². The van der Waals surface area contributed by atoms with Crippen LogP contribution in [0, 0.1) is 6.92 Å². The maximum atomic E-state index is 12.7.